The molecule has 2 aliphatic rings. The van der Waals surface area contributed by atoms with Crippen molar-refractivity contribution in [2.75, 3.05) is 26.9 Å². The van der Waals surface area contributed by atoms with E-state index in [1.807, 2.05) is 14.0 Å². The van der Waals surface area contributed by atoms with Crippen LogP contribution in [0.1, 0.15) is 31.5 Å². The van der Waals surface area contributed by atoms with Gasteiger partial charge < -0.3 is 14.2 Å². The van der Waals surface area contributed by atoms with Gasteiger partial charge in [0, 0.05) is 13.8 Å². The molecule has 1 saturated heterocycles. The van der Waals surface area contributed by atoms with E-state index in [1.165, 1.54) is 23.5 Å². The molecule has 7 heteroatoms. The highest BCUT2D eigenvalue weighted by Gasteiger charge is 2.44. The molecule has 1 aromatic heterocycles. The molecule has 0 spiro atoms. The number of thiazole rings is 1. The monoisotopic (exact) mass is 377 g/mol. The maximum Gasteiger partial charge on any atom is 0.391 e. The Bertz CT molecular complexity index is 867. The summed E-state index contributed by atoms with van der Waals surface area (Å²) in [6.07, 6.45) is 0. The van der Waals surface area contributed by atoms with E-state index in [4.69, 9.17) is 19.2 Å². The van der Waals surface area contributed by atoms with E-state index in [9.17, 15) is 4.39 Å². The SMILES string of the molecule is C[N+]1=C(c2nc(C3(C)OCCO3)sc2-c2ccc(F)cc2)OCC1(C)C. The molecule has 1 fully saturated rings. The van der Waals surface area contributed by atoms with Crippen molar-refractivity contribution in [2.24, 2.45) is 0 Å². The molecule has 1 aromatic carbocycles. The van der Waals surface area contributed by atoms with Crippen molar-refractivity contribution < 1.29 is 23.2 Å². The van der Waals surface area contributed by atoms with Crippen LogP contribution in [-0.4, -0.2) is 47.9 Å². The molecule has 0 radical (unpaired) electrons. The van der Waals surface area contributed by atoms with Crippen LogP contribution in [0.3, 0.4) is 0 Å². The molecule has 0 aliphatic carbocycles. The summed E-state index contributed by atoms with van der Waals surface area (Å²) in [7, 11) is 2.00. The lowest BCUT2D eigenvalue weighted by Crippen LogP contribution is -2.33. The number of hydrogen-bond acceptors (Lipinski definition) is 5. The van der Waals surface area contributed by atoms with E-state index in [2.05, 4.69) is 18.4 Å². The topological polar surface area (TPSA) is 43.6 Å². The van der Waals surface area contributed by atoms with Crippen molar-refractivity contribution in [3.8, 4) is 10.4 Å². The van der Waals surface area contributed by atoms with Gasteiger partial charge in [0.1, 0.15) is 12.9 Å². The van der Waals surface area contributed by atoms with E-state index < -0.39 is 5.79 Å². The van der Waals surface area contributed by atoms with Crippen molar-refractivity contribution in [2.45, 2.75) is 32.1 Å². The summed E-state index contributed by atoms with van der Waals surface area (Å²) in [6, 6.07) is 6.43. The largest absolute Gasteiger partial charge is 0.436 e. The Kier molecular flexibility index (Phi) is 4.13. The summed E-state index contributed by atoms with van der Waals surface area (Å²) < 4.78 is 33.0. The van der Waals surface area contributed by atoms with Crippen molar-refractivity contribution in [1.82, 2.24) is 4.98 Å². The quantitative estimate of drug-likeness (QED) is 0.770. The molecular formula is C19H22FN2O3S+. The number of benzene rings is 1. The zero-order chi connectivity index (χ0) is 18.5. The molecule has 2 aliphatic heterocycles. The first-order valence-corrected chi connectivity index (χ1v) is 9.41. The summed E-state index contributed by atoms with van der Waals surface area (Å²) >= 11 is 1.49. The van der Waals surface area contributed by atoms with Crippen LogP contribution in [0.5, 0.6) is 0 Å². The van der Waals surface area contributed by atoms with E-state index >= 15 is 0 Å². The second-order valence-electron chi connectivity index (χ2n) is 7.31. The third-order valence-electron chi connectivity index (χ3n) is 4.94. The molecule has 0 saturated carbocycles. The van der Waals surface area contributed by atoms with Crippen LogP contribution in [0.25, 0.3) is 10.4 Å². The third kappa shape index (κ3) is 2.84. The fourth-order valence-electron chi connectivity index (χ4n) is 3.03. The first kappa shape index (κ1) is 17.6. The van der Waals surface area contributed by atoms with Gasteiger partial charge in [-0.15, -0.1) is 11.3 Å². The molecule has 0 N–H and O–H groups in total. The molecule has 3 heterocycles. The fraction of sp³-hybridized carbons (Fsp3) is 0.474. The number of rotatable bonds is 3. The highest BCUT2D eigenvalue weighted by molar-refractivity contribution is 7.15. The van der Waals surface area contributed by atoms with Gasteiger partial charge in [-0.2, -0.15) is 4.58 Å². The Morgan fingerprint density at radius 2 is 1.77 bits per heavy atom. The van der Waals surface area contributed by atoms with Crippen molar-refractivity contribution in [3.05, 3.63) is 40.8 Å². The zero-order valence-electron chi connectivity index (χ0n) is 15.3. The van der Waals surface area contributed by atoms with E-state index in [1.54, 1.807) is 12.1 Å². The van der Waals surface area contributed by atoms with Crippen LogP contribution in [0.15, 0.2) is 24.3 Å². The Balaban J connectivity index is 1.88. The minimum Gasteiger partial charge on any atom is -0.436 e. The second kappa shape index (κ2) is 6.11. The van der Waals surface area contributed by atoms with Gasteiger partial charge in [0.15, 0.2) is 22.8 Å². The lowest BCUT2D eigenvalue weighted by Gasteiger charge is -2.18. The molecule has 0 atom stereocenters. The lowest BCUT2D eigenvalue weighted by molar-refractivity contribution is -0.562. The number of halogens is 1. The van der Waals surface area contributed by atoms with E-state index in [-0.39, 0.29) is 11.4 Å². The summed E-state index contributed by atoms with van der Waals surface area (Å²) in [6.45, 7) is 7.78. The average molecular weight is 377 g/mol. The fourth-order valence-corrected chi connectivity index (χ4v) is 4.15. The van der Waals surface area contributed by atoms with Crippen LogP contribution in [0, 0.1) is 5.82 Å². The Hall–Kier alpha value is -1.83. The van der Waals surface area contributed by atoms with Crippen molar-refractivity contribution >= 4 is 17.2 Å². The van der Waals surface area contributed by atoms with Gasteiger partial charge in [0.25, 0.3) is 0 Å². The minimum atomic E-state index is -0.856. The first-order valence-electron chi connectivity index (χ1n) is 8.59. The molecule has 26 heavy (non-hydrogen) atoms. The first-order chi connectivity index (χ1) is 12.3. The number of nitrogens with zero attached hydrogens (tertiary/aromatic N) is 2. The average Bonchev–Trinajstić information content (AvgIpc) is 3.29. The standard InChI is InChI=1S/C19H22FN2O3S/c1-18(2)11-23-16(22(18)4)14-15(12-5-7-13(20)8-6-12)26-17(21-14)19(3)24-9-10-25-19/h5-8H,9-11H2,1-4H3/q+1. The van der Waals surface area contributed by atoms with E-state index in [0.29, 0.717) is 19.8 Å². The highest BCUT2D eigenvalue weighted by atomic mass is 32.1. The van der Waals surface area contributed by atoms with Gasteiger partial charge in [-0.05, 0) is 24.6 Å². The second-order valence-corrected chi connectivity index (χ2v) is 8.31. The molecule has 138 valence electrons. The van der Waals surface area contributed by atoms with Crippen LogP contribution in [0.4, 0.5) is 4.39 Å². The molecule has 0 bridgehead atoms. The van der Waals surface area contributed by atoms with Gasteiger partial charge in [-0.1, -0.05) is 12.1 Å². The summed E-state index contributed by atoms with van der Waals surface area (Å²) in [5.74, 6) is -0.402. The predicted molar refractivity (Wildman–Crippen MR) is 97.1 cm³/mol. The van der Waals surface area contributed by atoms with Crippen LogP contribution >= 0.6 is 11.3 Å². The maximum absolute atomic E-state index is 13.4. The Labute approximate surface area is 156 Å². The molecule has 5 nitrogen and oxygen atoms in total. The summed E-state index contributed by atoms with van der Waals surface area (Å²) in [4.78, 5) is 5.75. The van der Waals surface area contributed by atoms with Crippen LogP contribution in [0.2, 0.25) is 0 Å². The van der Waals surface area contributed by atoms with Crippen LogP contribution < -0.4 is 0 Å². The van der Waals surface area contributed by atoms with Crippen molar-refractivity contribution in [3.63, 3.8) is 0 Å². The highest BCUT2D eigenvalue weighted by Crippen LogP contribution is 2.40. The van der Waals surface area contributed by atoms with Gasteiger partial charge in [-0.3, -0.25) is 0 Å². The number of hydrogen-bond donors (Lipinski definition) is 0. The van der Waals surface area contributed by atoms with Gasteiger partial charge in [-0.25, -0.2) is 9.37 Å². The predicted octanol–water partition coefficient (Wildman–Crippen LogP) is 3.37. The van der Waals surface area contributed by atoms with Gasteiger partial charge in [0.05, 0.1) is 18.1 Å². The third-order valence-corrected chi connectivity index (χ3v) is 6.23. The van der Waals surface area contributed by atoms with E-state index in [0.717, 1.165) is 27.0 Å². The number of likely N-dealkylation sites (N-methyl/N-ethyl adjacent to an activating group) is 1. The molecule has 0 amide bonds. The molecule has 0 unspecified atom stereocenters. The Morgan fingerprint density at radius 3 is 2.35 bits per heavy atom. The lowest BCUT2D eigenvalue weighted by atomic mass is 10.1. The normalized spacial score (nSPS) is 21.3. The van der Waals surface area contributed by atoms with Gasteiger partial charge >= 0.3 is 5.90 Å². The molecule has 2 aromatic rings. The summed E-state index contributed by atoms with van der Waals surface area (Å²) in [5.41, 5.74) is 1.51. The maximum atomic E-state index is 13.4. The van der Waals surface area contributed by atoms with Crippen LogP contribution in [-0.2, 0) is 20.0 Å². The Morgan fingerprint density at radius 1 is 1.12 bits per heavy atom. The zero-order valence-corrected chi connectivity index (χ0v) is 16.2. The smallest absolute Gasteiger partial charge is 0.391 e. The van der Waals surface area contributed by atoms with Crippen molar-refractivity contribution in [1.29, 1.82) is 0 Å². The number of aromatic nitrogens is 1. The minimum absolute atomic E-state index is 0.122. The molecule has 4 rings (SSSR count). The molecular weight excluding hydrogens is 355 g/mol. The summed E-state index contributed by atoms with van der Waals surface area (Å²) in [5, 5.41) is 0.735. The van der Waals surface area contributed by atoms with Gasteiger partial charge in [0.2, 0.25) is 5.79 Å². The number of ether oxygens (including phenoxy) is 3.